The highest BCUT2D eigenvalue weighted by atomic mass is 32.2. The van der Waals surface area contributed by atoms with E-state index in [4.69, 9.17) is 0 Å². The summed E-state index contributed by atoms with van der Waals surface area (Å²) in [6, 6.07) is 6.64. The van der Waals surface area contributed by atoms with Crippen LogP contribution in [0.4, 0.5) is 0 Å². The van der Waals surface area contributed by atoms with E-state index < -0.39 is 12.0 Å². The van der Waals surface area contributed by atoms with Crippen molar-refractivity contribution >= 4 is 23.6 Å². The van der Waals surface area contributed by atoms with Crippen LogP contribution in [0.3, 0.4) is 0 Å². The molecule has 108 valence electrons. The van der Waals surface area contributed by atoms with Crippen molar-refractivity contribution in [2.75, 3.05) is 12.8 Å². The third-order valence-electron chi connectivity index (χ3n) is 3.70. The average molecular weight is 293 g/mol. The number of carbonyl (C=O) groups is 2. The van der Waals surface area contributed by atoms with Gasteiger partial charge < -0.3 is 10.0 Å². The minimum Gasteiger partial charge on any atom is -0.479 e. The molecule has 0 aliphatic carbocycles. The summed E-state index contributed by atoms with van der Waals surface area (Å²) in [7, 11) is 0. The number of thioether (sulfide) groups is 1. The highest BCUT2D eigenvalue weighted by Gasteiger charge is 2.35. The first-order valence-electron chi connectivity index (χ1n) is 6.67. The molecule has 0 saturated carbocycles. The number of rotatable bonds is 4. The summed E-state index contributed by atoms with van der Waals surface area (Å²) >= 11 is 1.62. The monoisotopic (exact) mass is 293 g/mol. The van der Waals surface area contributed by atoms with Gasteiger partial charge in [0.1, 0.15) is 0 Å². The molecule has 2 atom stereocenters. The molecule has 1 heterocycles. The van der Waals surface area contributed by atoms with Gasteiger partial charge in [-0.3, -0.25) is 4.79 Å². The van der Waals surface area contributed by atoms with Crippen LogP contribution >= 0.6 is 11.8 Å². The summed E-state index contributed by atoms with van der Waals surface area (Å²) < 4.78 is 0. The molecule has 0 fully saturated rings. The molecule has 5 heteroatoms. The number of hydrogen-bond donors (Lipinski definition) is 1. The molecule has 1 aliphatic heterocycles. The van der Waals surface area contributed by atoms with Gasteiger partial charge in [-0.15, -0.1) is 0 Å². The summed E-state index contributed by atoms with van der Waals surface area (Å²) in [5, 5.41) is 9.70. The lowest BCUT2D eigenvalue weighted by atomic mass is 9.92. The Balaban J connectivity index is 2.27. The topological polar surface area (TPSA) is 57.6 Å². The van der Waals surface area contributed by atoms with Crippen molar-refractivity contribution in [2.24, 2.45) is 0 Å². The number of nitrogens with zero attached hydrogens (tertiary/aromatic N) is 1. The molecule has 1 aromatic carbocycles. The van der Waals surface area contributed by atoms with Gasteiger partial charge in [-0.2, -0.15) is 11.8 Å². The lowest BCUT2D eigenvalue weighted by Gasteiger charge is -2.35. The van der Waals surface area contributed by atoms with Gasteiger partial charge in [-0.05, 0) is 23.8 Å². The molecular weight excluding hydrogens is 274 g/mol. The van der Waals surface area contributed by atoms with Gasteiger partial charge in [-0.25, -0.2) is 4.79 Å². The molecule has 1 N–H and O–H groups in total. The summed E-state index contributed by atoms with van der Waals surface area (Å²) in [5.41, 5.74) is 1.78. The minimum absolute atomic E-state index is 0.0752. The van der Waals surface area contributed by atoms with Crippen LogP contribution < -0.4 is 0 Å². The van der Waals surface area contributed by atoms with E-state index >= 15 is 0 Å². The van der Waals surface area contributed by atoms with Gasteiger partial charge in [0.15, 0.2) is 6.04 Å². The zero-order valence-electron chi connectivity index (χ0n) is 11.7. The number of aliphatic carboxylic acids is 1. The summed E-state index contributed by atoms with van der Waals surface area (Å²) in [5.74, 6) is -1.03. The zero-order valence-corrected chi connectivity index (χ0v) is 12.5. The van der Waals surface area contributed by atoms with Gasteiger partial charge in [0.2, 0.25) is 5.91 Å². The smallest absolute Gasteiger partial charge is 0.331 e. The number of fused-ring (bicyclic) bond motifs is 1. The number of carboxylic acids is 1. The average Bonchev–Trinajstić information content (AvgIpc) is 2.45. The number of carboxylic acid groups (broad SMARTS) is 1. The van der Waals surface area contributed by atoms with E-state index in [-0.39, 0.29) is 11.2 Å². The first-order valence-corrected chi connectivity index (χ1v) is 7.96. The molecule has 0 saturated heterocycles. The second-order valence-corrected chi connectivity index (χ2v) is 6.30. The molecule has 1 aromatic rings. The third-order valence-corrected chi connectivity index (χ3v) is 4.67. The normalized spacial score (nSPS) is 19.3. The van der Waals surface area contributed by atoms with E-state index in [9.17, 15) is 14.7 Å². The maximum atomic E-state index is 12.3. The van der Waals surface area contributed by atoms with Crippen LogP contribution in [0.5, 0.6) is 0 Å². The Morgan fingerprint density at radius 1 is 1.45 bits per heavy atom. The lowest BCUT2D eigenvalue weighted by Crippen LogP contribution is -2.44. The van der Waals surface area contributed by atoms with E-state index in [1.165, 1.54) is 4.90 Å². The standard InChI is InChI=1S/C15H19NO3S/c1-10(20-2)9-13(17)16-8-7-11-5-3-4-6-12(11)14(16)15(18)19/h3-6,10,14H,7-9H2,1-2H3,(H,18,19). The lowest BCUT2D eigenvalue weighted by molar-refractivity contribution is -0.151. The summed E-state index contributed by atoms with van der Waals surface area (Å²) in [6.07, 6.45) is 3.06. The zero-order chi connectivity index (χ0) is 14.7. The van der Waals surface area contributed by atoms with E-state index in [0.29, 0.717) is 13.0 Å². The van der Waals surface area contributed by atoms with Crippen LogP contribution in [-0.4, -0.2) is 39.9 Å². The number of benzene rings is 1. The Morgan fingerprint density at radius 3 is 2.80 bits per heavy atom. The Morgan fingerprint density at radius 2 is 2.15 bits per heavy atom. The molecule has 4 nitrogen and oxygen atoms in total. The molecule has 0 radical (unpaired) electrons. The second kappa shape index (κ2) is 6.31. The van der Waals surface area contributed by atoms with Crippen molar-refractivity contribution < 1.29 is 14.7 Å². The molecular formula is C15H19NO3S. The summed E-state index contributed by atoms with van der Waals surface area (Å²) in [6.45, 7) is 2.46. The second-order valence-electron chi connectivity index (χ2n) is 5.03. The van der Waals surface area contributed by atoms with Crippen molar-refractivity contribution in [2.45, 2.75) is 31.1 Å². The van der Waals surface area contributed by atoms with Crippen molar-refractivity contribution in [1.82, 2.24) is 4.90 Å². The highest BCUT2D eigenvalue weighted by Crippen LogP contribution is 2.31. The molecule has 2 unspecified atom stereocenters. The van der Waals surface area contributed by atoms with Crippen LogP contribution in [0, 0.1) is 0 Å². The molecule has 0 spiro atoms. The van der Waals surface area contributed by atoms with Crippen LogP contribution in [0.1, 0.15) is 30.5 Å². The van der Waals surface area contributed by atoms with Crippen molar-refractivity contribution in [3.05, 3.63) is 35.4 Å². The molecule has 0 bridgehead atoms. The molecule has 0 aromatic heterocycles. The Bertz CT molecular complexity index is 518. The maximum absolute atomic E-state index is 12.3. The predicted molar refractivity (Wildman–Crippen MR) is 79.8 cm³/mol. The van der Waals surface area contributed by atoms with Crippen LogP contribution in [0.15, 0.2) is 24.3 Å². The van der Waals surface area contributed by atoms with E-state index in [2.05, 4.69) is 0 Å². The third kappa shape index (κ3) is 2.98. The Kier molecular flexibility index (Phi) is 4.70. The van der Waals surface area contributed by atoms with Crippen LogP contribution in [0.25, 0.3) is 0 Å². The highest BCUT2D eigenvalue weighted by molar-refractivity contribution is 7.99. The van der Waals surface area contributed by atoms with Gasteiger partial charge in [0.05, 0.1) is 0 Å². The minimum atomic E-state index is -0.956. The predicted octanol–water partition coefficient (Wildman–Crippen LogP) is 2.34. The van der Waals surface area contributed by atoms with Gasteiger partial charge in [0, 0.05) is 18.2 Å². The SMILES string of the molecule is CSC(C)CC(=O)N1CCc2ccccc2C1C(=O)O. The fourth-order valence-corrected chi connectivity index (χ4v) is 2.86. The van der Waals surface area contributed by atoms with E-state index in [1.807, 2.05) is 37.4 Å². The van der Waals surface area contributed by atoms with E-state index in [0.717, 1.165) is 17.5 Å². The van der Waals surface area contributed by atoms with Crippen molar-refractivity contribution in [3.8, 4) is 0 Å². The molecule has 2 rings (SSSR count). The Labute approximate surface area is 123 Å². The number of amides is 1. The van der Waals surface area contributed by atoms with Crippen molar-refractivity contribution in [3.63, 3.8) is 0 Å². The maximum Gasteiger partial charge on any atom is 0.331 e. The molecule has 1 amide bonds. The first-order chi connectivity index (χ1) is 9.54. The Hall–Kier alpha value is -1.49. The van der Waals surface area contributed by atoms with Crippen molar-refractivity contribution in [1.29, 1.82) is 0 Å². The fourth-order valence-electron chi connectivity index (χ4n) is 2.55. The molecule has 20 heavy (non-hydrogen) atoms. The molecule has 1 aliphatic rings. The summed E-state index contributed by atoms with van der Waals surface area (Å²) in [4.78, 5) is 25.4. The van der Waals surface area contributed by atoms with E-state index in [1.54, 1.807) is 11.8 Å². The quantitative estimate of drug-likeness (QED) is 0.925. The fraction of sp³-hybridized carbons (Fsp3) is 0.467. The largest absolute Gasteiger partial charge is 0.479 e. The first kappa shape index (κ1) is 14.9. The van der Waals surface area contributed by atoms with Gasteiger partial charge in [0.25, 0.3) is 0 Å². The van der Waals surface area contributed by atoms with Gasteiger partial charge in [-0.1, -0.05) is 31.2 Å². The van der Waals surface area contributed by atoms with Crippen LogP contribution in [-0.2, 0) is 16.0 Å². The number of carbonyl (C=O) groups excluding carboxylic acids is 1. The van der Waals surface area contributed by atoms with Crippen LogP contribution in [0.2, 0.25) is 0 Å². The number of hydrogen-bond acceptors (Lipinski definition) is 3. The van der Waals surface area contributed by atoms with Gasteiger partial charge >= 0.3 is 5.97 Å².